The fraction of sp³-hybridized carbons (Fsp3) is 0.278. The molecule has 2 atom stereocenters. The van der Waals surface area contributed by atoms with Crippen LogP contribution in [0.2, 0.25) is 0 Å². The van der Waals surface area contributed by atoms with Crippen LogP contribution in [0.4, 0.5) is 10.1 Å². The molecule has 3 rings (SSSR count). The quantitative estimate of drug-likeness (QED) is 0.890. The van der Waals surface area contributed by atoms with E-state index in [0.717, 1.165) is 19.5 Å². The standard InChI is InChI=1S/C18H19FN2O/c1-13(18(22)20-17-8-4-7-16(19)11-17)21-10-9-14-5-2-3-6-15(14)12-21/h2-8,11,13H,9-10,12H2,1H3,(H,20,22)/p+1/t13-/m0/s1. The maximum absolute atomic E-state index is 13.2. The summed E-state index contributed by atoms with van der Waals surface area (Å²) >= 11 is 0. The summed E-state index contributed by atoms with van der Waals surface area (Å²) in [6.45, 7) is 3.72. The number of carbonyl (C=O) groups excluding carboxylic acids is 1. The van der Waals surface area contributed by atoms with Crippen molar-refractivity contribution in [3.63, 3.8) is 0 Å². The van der Waals surface area contributed by atoms with E-state index in [1.165, 1.54) is 28.2 Å². The molecule has 0 bridgehead atoms. The van der Waals surface area contributed by atoms with E-state index in [1.54, 1.807) is 12.1 Å². The number of anilines is 1. The number of carbonyl (C=O) groups is 1. The van der Waals surface area contributed by atoms with Gasteiger partial charge in [0.25, 0.3) is 5.91 Å². The highest BCUT2D eigenvalue weighted by molar-refractivity contribution is 5.93. The number of hydrogen-bond donors (Lipinski definition) is 2. The fourth-order valence-electron chi connectivity index (χ4n) is 2.97. The van der Waals surface area contributed by atoms with Gasteiger partial charge in [0.15, 0.2) is 6.04 Å². The van der Waals surface area contributed by atoms with Crippen LogP contribution >= 0.6 is 0 Å². The summed E-state index contributed by atoms with van der Waals surface area (Å²) in [6, 6.07) is 14.2. The average molecular weight is 299 g/mol. The van der Waals surface area contributed by atoms with Gasteiger partial charge in [0.2, 0.25) is 0 Å². The van der Waals surface area contributed by atoms with Gasteiger partial charge in [-0.25, -0.2) is 4.39 Å². The van der Waals surface area contributed by atoms with Crippen LogP contribution in [0.25, 0.3) is 0 Å². The third kappa shape index (κ3) is 3.17. The minimum Gasteiger partial charge on any atom is -0.321 e. The van der Waals surface area contributed by atoms with Crippen molar-refractivity contribution in [2.45, 2.75) is 25.9 Å². The van der Waals surface area contributed by atoms with Crippen molar-refractivity contribution in [3.05, 3.63) is 65.5 Å². The number of quaternary nitrogens is 1. The molecule has 1 unspecified atom stereocenters. The van der Waals surface area contributed by atoms with Gasteiger partial charge in [0.1, 0.15) is 12.4 Å². The number of fused-ring (bicyclic) bond motifs is 1. The molecule has 114 valence electrons. The Morgan fingerprint density at radius 3 is 2.73 bits per heavy atom. The fourth-order valence-corrected chi connectivity index (χ4v) is 2.97. The molecule has 1 amide bonds. The molecule has 1 aliphatic rings. The van der Waals surface area contributed by atoms with Gasteiger partial charge in [0.05, 0.1) is 6.54 Å². The van der Waals surface area contributed by atoms with Gasteiger partial charge in [0, 0.05) is 17.7 Å². The Morgan fingerprint density at radius 1 is 1.18 bits per heavy atom. The lowest BCUT2D eigenvalue weighted by Crippen LogP contribution is -3.16. The maximum atomic E-state index is 13.2. The van der Waals surface area contributed by atoms with Crippen molar-refractivity contribution in [2.24, 2.45) is 0 Å². The first-order chi connectivity index (χ1) is 10.6. The summed E-state index contributed by atoms with van der Waals surface area (Å²) in [7, 11) is 0. The van der Waals surface area contributed by atoms with E-state index >= 15 is 0 Å². The highest BCUT2D eigenvalue weighted by Gasteiger charge is 2.28. The third-order valence-electron chi connectivity index (χ3n) is 4.35. The van der Waals surface area contributed by atoms with Crippen LogP contribution in [-0.4, -0.2) is 18.5 Å². The van der Waals surface area contributed by atoms with E-state index in [9.17, 15) is 9.18 Å². The van der Waals surface area contributed by atoms with Gasteiger partial charge >= 0.3 is 0 Å². The molecule has 2 N–H and O–H groups in total. The molecule has 22 heavy (non-hydrogen) atoms. The highest BCUT2D eigenvalue weighted by Crippen LogP contribution is 2.12. The van der Waals surface area contributed by atoms with Crippen LogP contribution in [0.1, 0.15) is 18.1 Å². The topological polar surface area (TPSA) is 33.5 Å². The SMILES string of the molecule is C[C@@H](C(=O)Nc1cccc(F)c1)[NH+]1CCc2ccccc2C1. The molecular weight excluding hydrogens is 279 g/mol. The van der Waals surface area contributed by atoms with Crippen molar-refractivity contribution >= 4 is 11.6 Å². The zero-order valence-electron chi connectivity index (χ0n) is 12.6. The Labute approximate surface area is 129 Å². The first kappa shape index (κ1) is 14.7. The van der Waals surface area contributed by atoms with Gasteiger partial charge < -0.3 is 10.2 Å². The molecule has 1 aliphatic heterocycles. The minimum absolute atomic E-state index is 0.0695. The molecule has 0 saturated carbocycles. The lowest BCUT2D eigenvalue weighted by Gasteiger charge is -2.30. The molecule has 2 aromatic rings. The van der Waals surface area contributed by atoms with Crippen molar-refractivity contribution in [3.8, 4) is 0 Å². The van der Waals surface area contributed by atoms with Crippen LogP contribution in [0.15, 0.2) is 48.5 Å². The summed E-state index contributed by atoms with van der Waals surface area (Å²) in [6.07, 6.45) is 0.989. The lowest BCUT2D eigenvalue weighted by molar-refractivity contribution is -0.929. The average Bonchev–Trinajstić information content (AvgIpc) is 2.53. The number of hydrogen-bond acceptors (Lipinski definition) is 1. The van der Waals surface area contributed by atoms with E-state index in [1.807, 2.05) is 13.0 Å². The van der Waals surface area contributed by atoms with Gasteiger partial charge in [-0.05, 0) is 30.7 Å². The molecule has 1 heterocycles. The van der Waals surface area contributed by atoms with Gasteiger partial charge in [-0.15, -0.1) is 0 Å². The molecule has 0 saturated heterocycles. The number of halogens is 1. The number of nitrogens with one attached hydrogen (secondary N) is 2. The molecule has 0 aliphatic carbocycles. The number of benzene rings is 2. The smallest absolute Gasteiger partial charge is 0.282 e. The molecule has 3 nitrogen and oxygen atoms in total. The van der Waals surface area contributed by atoms with Crippen LogP contribution in [0, 0.1) is 5.82 Å². The van der Waals surface area contributed by atoms with Crippen LogP contribution in [0.3, 0.4) is 0 Å². The largest absolute Gasteiger partial charge is 0.321 e. The monoisotopic (exact) mass is 299 g/mol. The molecule has 0 fully saturated rings. The van der Waals surface area contributed by atoms with Gasteiger partial charge in [-0.2, -0.15) is 0 Å². The Hall–Kier alpha value is -2.20. The predicted molar refractivity (Wildman–Crippen MR) is 84.2 cm³/mol. The third-order valence-corrected chi connectivity index (χ3v) is 4.35. The van der Waals surface area contributed by atoms with E-state index < -0.39 is 0 Å². The zero-order valence-corrected chi connectivity index (χ0v) is 12.6. The van der Waals surface area contributed by atoms with Crippen LogP contribution in [-0.2, 0) is 17.8 Å². The highest BCUT2D eigenvalue weighted by atomic mass is 19.1. The minimum atomic E-state index is -0.343. The zero-order chi connectivity index (χ0) is 15.5. The number of amides is 1. The maximum Gasteiger partial charge on any atom is 0.282 e. The predicted octanol–water partition coefficient (Wildman–Crippen LogP) is 1.79. The first-order valence-corrected chi connectivity index (χ1v) is 7.61. The van der Waals surface area contributed by atoms with Gasteiger partial charge in [-0.3, -0.25) is 4.79 Å². The first-order valence-electron chi connectivity index (χ1n) is 7.61. The van der Waals surface area contributed by atoms with Crippen LogP contribution in [0.5, 0.6) is 0 Å². The Kier molecular flexibility index (Phi) is 4.20. The second kappa shape index (κ2) is 6.28. The Bertz CT molecular complexity index is 686. The van der Waals surface area contributed by atoms with Crippen molar-refractivity contribution in [1.82, 2.24) is 0 Å². The molecule has 2 aromatic carbocycles. The summed E-state index contributed by atoms with van der Waals surface area (Å²) in [4.78, 5) is 13.6. The summed E-state index contributed by atoms with van der Waals surface area (Å²) in [5.41, 5.74) is 3.20. The molecule has 0 spiro atoms. The molecule has 0 aromatic heterocycles. The van der Waals surface area contributed by atoms with Crippen molar-refractivity contribution in [2.75, 3.05) is 11.9 Å². The van der Waals surface area contributed by atoms with E-state index in [2.05, 4.69) is 23.5 Å². The van der Waals surface area contributed by atoms with E-state index in [4.69, 9.17) is 0 Å². The normalized spacial score (nSPS) is 18.4. The number of rotatable bonds is 3. The van der Waals surface area contributed by atoms with E-state index in [0.29, 0.717) is 5.69 Å². The molecule has 0 radical (unpaired) electrons. The molecular formula is C18H20FN2O+. The lowest BCUT2D eigenvalue weighted by atomic mass is 9.99. The molecule has 4 heteroatoms. The summed E-state index contributed by atoms with van der Waals surface area (Å²) in [5.74, 6) is -0.412. The van der Waals surface area contributed by atoms with Gasteiger partial charge in [-0.1, -0.05) is 30.3 Å². The Balaban J connectivity index is 1.67. The second-order valence-corrected chi connectivity index (χ2v) is 5.83. The van der Waals surface area contributed by atoms with Crippen LogP contribution < -0.4 is 10.2 Å². The summed E-state index contributed by atoms with van der Waals surface area (Å²) in [5, 5.41) is 2.80. The Morgan fingerprint density at radius 2 is 1.95 bits per heavy atom. The second-order valence-electron chi connectivity index (χ2n) is 5.83. The van der Waals surface area contributed by atoms with Crippen molar-refractivity contribution < 1.29 is 14.1 Å². The van der Waals surface area contributed by atoms with Crippen molar-refractivity contribution in [1.29, 1.82) is 0 Å². The summed E-state index contributed by atoms with van der Waals surface area (Å²) < 4.78 is 13.2. The van der Waals surface area contributed by atoms with E-state index in [-0.39, 0.29) is 17.8 Å².